The second kappa shape index (κ2) is 5.90. The number of likely N-dealkylation sites (N-methyl/N-ethyl adjacent to an activating group) is 1. The number of rotatable bonds is 3. The van der Waals surface area contributed by atoms with Crippen molar-refractivity contribution in [2.45, 2.75) is 31.3 Å². The first-order valence-corrected chi connectivity index (χ1v) is 7.61. The van der Waals surface area contributed by atoms with E-state index in [1.54, 1.807) is 6.08 Å². The van der Waals surface area contributed by atoms with Crippen molar-refractivity contribution in [1.29, 1.82) is 0 Å². The molecule has 1 aromatic carbocycles. The minimum Gasteiger partial charge on any atom is -0.478 e. The molecule has 1 aromatic rings. The Labute approximate surface area is 125 Å². The van der Waals surface area contributed by atoms with Gasteiger partial charge in [0, 0.05) is 36.9 Å². The molecule has 2 aliphatic rings. The molecule has 2 unspecified atom stereocenters. The van der Waals surface area contributed by atoms with Crippen molar-refractivity contribution in [3.63, 3.8) is 0 Å². The summed E-state index contributed by atoms with van der Waals surface area (Å²) >= 11 is 0. The van der Waals surface area contributed by atoms with Crippen molar-refractivity contribution in [3.8, 4) is 0 Å². The maximum atomic E-state index is 10.5. The topological polar surface area (TPSA) is 43.8 Å². The van der Waals surface area contributed by atoms with Crippen LogP contribution in [-0.2, 0) is 4.79 Å². The first kappa shape index (κ1) is 14.1. The molecule has 2 atom stereocenters. The molecule has 0 radical (unpaired) electrons. The Kier molecular flexibility index (Phi) is 3.97. The Hall–Kier alpha value is -1.81. The van der Waals surface area contributed by atoms with Crippen LogP contribution in [0.25, 0.3) is 6.08 Å². The lowest BCUT2D eigenvalue weighted by Gasteiger charge is -2.27. The Balaban J connectivity index is 1.71. The van der Waals surface area contributed by atoms with Crippen LogP contribution in [0.4, 0.5) is 5.69 Å². The predicted molar refractivity (Wildman–Crippen MR) is 84.5 cm³/mol. The summed E-state index contributed by atoms with van der Waals surface area (Å²) in [7, 11) is 2.26. The van der Waals surface area contributed by atoms with Crippen molar-refractivity contribution >= 4 is 17.7 Å². The Bertz CT molecular complexity index is 538. The predicted octanol–water partition coefficient (Wildman–Crippen LogP) is 2.46. The number of nitrogens with zero attached hydrogens (tertiary/aromatic N) is 2. The third-order valence-corrected chi connectivity index (χ3v) is 4.83. The molecule has 1 N–H and O–H groups in total. The summed E-state index contributed by atoms with van der Waals surface area (Å²) < 4.78 is 0. The highest BCUT2D eigenvalue weighted by Crippen LogP contribution is 2.30. The van der Waals surface area contributed by atoms with Crippen molar-refractivity contribution in [3.05, 3.63) is 35.9 Å². The van der Waals surface area contributed by atoms with Crippen LogP contribution in [0.2, 0.25) is 0 Å². The molecule has 2 heterocycles. The lowest BCUT2D eigenvalue weighted by atomic mass is 10.1. The number of carboxylic acids is 1. The first-order chi connectivity index (χ1) is 10.1. The van der Waals surface area contributed by atoms with Gasteiger partial charge in [-0.15, -0.1) is 0 Å². The quantitative estimate of drug-likeness (QED) is 0.867. The molecule has 0 aliphatic carbocycles. The van der Waals surface area contributed by atoms with Gasteiger partial charge in [-0.05, 0) is 50.1 Å². The van der Waals surface area contributed by atoms with Crippen LogP contribution in [0.15, 0.2) is 30.3 Å². The molecule has 21 heavy (non-hydrogen) atoms. The number of aliphatic carboxylic acids is 1. The van der Waals surface area contributed by atoms with Crippen molar-refractivity contribution in [2.75, 3.05) is 25.0 Å². The molecule has 4 nitrogen and oxygen atoms in total. The fourth-order valence-corrected chi connectivity index (χ4v) is 3.51. The summed E-state index contributed by atoms with van der Waals surface area (Å²) in [6.45, 7) is 2.20. The summed E-state index contributed by atoms with van der Waals surface area (Å²) in [6.07, 6.45) is 6.68. The smallest absolute Gasteiger partial charge is 0.328 e. The molecule has 0 amide bonds. The fourth-order valence-electron chi connectivity index (χ4n) is 3.51. The van der Waals surface area contributed by atoms with E-state index in [2.05, 4.69) is 29.0 Å². The molecule has 4 heteroatoms. The highest BCUT2D eigenvalue weighted by molar-refractivity contribution is 5.85. The number of carbonyl (C=O) groups is 1. The third kappa shape index (κ3) is 3.10. The van der Waals surface area contributed by atoms with E-state index in [4.69, 9.17) is 5.11 Å². The SMILES string of the molecule is CN1C2CCC1CN(c1ccc(C=CC(=O)O)cc1)CC2. The largest absolute Gasteiger partial charge is 0.478 e. The molecule has 2 saturated heterocycles. The summed E-state index contributed by atoms with van der Waals surface area (Å²) in [5.74, 6) is -0.911. The monoisotopic (exact) mass is 286 g/mol. The molecule has 2 bridgehead atoms. The summed E-state index contributed by atoms with van der Waals surface area (Å²) in [6, 6.07) is 9.59. The molecule has 0 spiro atoms. The van der Waals surface area contributed by atoms with Crippen molar-refractivity contribution < 1.29 is 9.90 Å². The maximum Gasteiger partial charge on any atom is 0.328 e. The number of hydrogen-bond acceptors (Lipinski definition) is 3. The van der Waals surface area contributed by atoms with Gasteiger partial charge in [0.1, 0.15) is 0 Å². The average Bonchev–Trinajstić information content (AvgIpc) is 2.71. The Morgan fingerprint density at radius 1 is 1.19 bits per heavy atom. The number of benzene rings is 1. The zero-order valence-corrected chi connectivity index (χ0v) is 12.4. The third-order valence-electron chi connectivity index (χ3n) is 4.83. The van der Waals surface area contributed by atoms with Crippen LogP contribution in [0.3, 0.4) is 0 Å². The second-order valence-corrected chi connectivity index (χ2v) is 6.05. The van der Waals surface area contributed by atoms with Gasteiger partial charge in [-0.1, -0.05) is 12.1 Å². The van der Waals surface area contributed by atoms with Gasteiger partial charge in [-0.3, -0.25) is 4.90 Å². The van der Waals surface area contributed by atoms with Crippen LogP contribution >= 0.6 is 0 Å². The molecular formula is C17H22N2O2. The van der Waals surface area contributed by atoms with Gasteiger partial charge in [0.15, 0.2) is 0 Å². The lowest BCUT2D eigenvalue weighted by Crippen LogP contribution is -2.36. The van der Waals surface area contributed by atoms with Crippen molar-refractivity contribution in [2.24, 2.45) is 0 Å². The van der Waals surface area contributed by atoms with Crippen LogP contribution < -0.4 is 4.90 Å². The highest BCUT2D eigenvalue weighted by atomic mass is 16.4. The van der Waals surface area contributed by atoms with Crippen LogP contribution in [-0.4, -0.2) is 48.2 Å². The molecule has 0 saturated carbocycles. The minimum atomic E-state index is -0.911. The van der Waals surface area contributed by atoms with E-state index in [-0.39, 0.29) is 0 Å². The highest BCUT2D eigenvalue weighted by Gasteiger charge is 2.34. The van der Waals surface area contributed by atoms with Gasteiger partial charge in [0.25, 0.3) is 0 Å². The first-order valence-electron chi connectivity index (χ1n) is 7.61. The fraction of sp³-hybridized carbons (Fsp3) is 0.471. The molecule has 2 aliphatic heterocycles. The van der Waals surface area contributed by atoms with Crippen LogP contribution in [0.1, 0.15) is 24.8 Å². The van der Waals surface area contributed by atoms with E-state index in [0.29, 0.717) is 6.04 Å². The van der Waals surface area contributed by atoms with Gasteiger partial charge in [-0.25, -0.2) is 4.79 Å². The summed E-state index contributed by atoms with van der Waals surface area (Å²) in [5.41, 5.74) is 2.16. The van der Waals surface area contributed by atoms with Gasteiger partial charge in [-0.2, -0.15) is 0 Å². The molecule has 3 rings (SSSR count). The minimum absolute atomic E-state index is 0.670. The van der Waals surface area contributed by atoms with Gasteiger partial charge >= 0.3 is 5.97 Å². The van der Waals surface area contributed by atoms with E-state index < -0.39 is 5.97 Å². The number of anilines is 1. The molecular weight excluding hydrogens is 264 g/mol. The van der Waals surface area contributed by atoms with E-state index in [0.717, 1.165) is 24.7 Å². The Morgan fingerprint density at radius 3 is 2.62 bits per heavy atom. The number of fused-ring (bicyclic) bond motifs is 2. The zero-order chi connectivity index (χ0) is 14.8. The molecule has 112 valence electrons. The van der Waals surface area contributed by atoms with E-state index in [9.17, 15) is 4.79 Å². The second-order valence-electron chi connectivity index (χ2n) is 6.05. The number of carboxylic acid groups (broad SMARTS) is 1. The van der Waals surface area contributed by atoms with E-state index in [1.165, 1.54) is 31.0 Å². The van der Waals surface area contributed by atoms with Gasteiger partial charge in [0.05, 0.1) is 0 Å². The van der Waals surface area contributed by atoms with Crippen LogP contribution in [0.5, 0.6) is 0 Å². The number of hydrogen-bond donors (Lipinski definition) is 1. The summed E-state index contributed by atoms with van der Waals surface area (Å²) in [5, 5.41) is 8.65. The molecule has 0 aromatic heterocycles. The normalized spacial score (nSPS) is 26.2. The van der Waals surface area contributed by atoms with Gasteiger partial charge < -0.3 is 10.0 Å². The van der Waals surface area contributed by atoms with Crippen LogP contribution in [0, 0.1) is 0 Å². The Morgan fingerprint density at radius 2 is 1.90 bits per heavy atom. The van der Waals surface area contributed by atoms with E-state index >= 15 is 0 Å². The molecule has 2 fully saturated rings. The standard InChI is InChI=1S/C17H22N2O2/c1-18-14-7-8-16(18)12-19(11-10-14)15-5-2-13(3-6-15)4-9-17(20)21/h2-6,9,14,16H,7-8,10-12H2,1H3,(H,20,21). The lowest BCUT2D eigenvalue weighted by molar-refractivity contribution is -0.131. The van der Waals surface area contributed by atoms with E-state index in [1.807, 2.05) is 12.1 Å². The zero-order valence-electron chi connectivity index (χ0n) is 12.4. The average molecular weight is 286 g/mol. The maximum absolute atomic E-state index is 10.5. The summed E-state index contributed by atoms with van der Waals surface area (Å²) in [4.78, 5) is 15.5. The van der Waals surface area contributed by atoms with Crippen molar-refractivity contribution in [1.82, 2.24) is 4.90 Å². The van der Waals surface area contributed by atoms with Gasteiger partial charge in [0.2, 0.25) is 0 Å².